The van der Waals surface area contributed by atoms with E-state index in [1.165, 1.54) is 0 Å². The van der Waals surface area contributed by atoms with Crippen LogP contribution in [0.4, 0.5) is 22.7 Å². The van der Waals surface area contributed by atoms with E-state index >= 15 is 0 Å². The second-order valence-electron chi connectivity index (χ2n) is 30.7. The number of nitrogens with zero attached hydrogens (tertiary/aromatic N) is 13. The fraction of sp³-hybridized carbons (Fsp3) is 0.356. The van der Waals surface area contributed by atoms with E-state index in [1.807, 2.05) is 140 Å². The van der Waals surface area contributed by atoms with Gasteiger partial charge in [0.15, 0.2) is 46.0 Å². The molecule has 16 heterocycles. The van der Waals surface area contributed by atoms with E-state index in [2.05, 4.69) is 81.3 Å². The molecule has 4 fully saturated rings. The van der Waals surface area contributed by atoms with Gasteiger partial charge in [-0.25, -0.2) is 19.9 Å². The van der Waals surface area contributed by atoms with Crippen molar-refractivity contribution in [1.82, 2.24) is 58.4 Å². The van der Waals surface area contributed by atoms with E-state index in [4.69, 9.17) is 57.8 Å². The van der Waals surface area contributed by atoms with Crippen LogP contribution in [0.25, 0.3) is 67.6 Å². The molecule has 0 spiro atoms. The van der Waals surface area contributed by atoms with Crippen LogP contribution in [0, 0.1) is 0 Å². The average molecular weight is 1560 g/mol. The summed E-state index contributed by atoms with van der Waals surface area (Å²) in [6, 6.07) is 45.6. The van der Waals surface area contributed by atoms with Gasteiger partial charge in [-0.3, -0.25) is 36.8 Å². The van der Waals surface area contributed by atoms with Gasteiger partial charge in [0, 0.05) is 161 Å². The standard InChI is InChI=1S/3C22H24N4O3.C21H22N4O3/c1-14-11-25(12-15(2)23-14)17-4-6-21-24-18(10-22(27)26(21)13-17)16-3-5-19-20(9-16)29-8-7-28-19;1-22(2)14-25(8-7-23-22)16-4-6-20-24-17(12-21(27)26(20)13-16)15-3-5-18-19(11-15)29-10-9-28-18;1-24-7-2-8-25(10-9-24)17-4-6-21-23-18(14-22(27)26(21)15-17)16-3-5-19-20(13-16)29-12-11-28-19;26-21-13-17(15-2-4-18-19(12-15)28-11-10-27-18)23-20-5-3-16(14-25(20)21)24-8-1-6-22-7-9-24/h3-6,9-10,13-15,23H,7-8,11-12H2,1-2H3;3-6,11-13,23H,7-10,14H2,1-2H3;3-6,13-15H,2,7-12H2,1H3;2-5,12-14,22H,1,6-11H2/t14-,15+;;;. The smallest absolute Gasteiger partial charge is 0.258 e. The highest BCUT2D eigenvalue weighted by molar-refractivity contribution is 5.71. The molecule has 8 aliphatic rings. The Kier molecular flexibility index (Phi) is 21.7. The van der Waals surface area contributed by atoms with Gasteiger partial charge in [0.2, 0.25) is 0 Å². The molecule has 594 valence electrons. The van der Waals surface area contributed by atoms with Gasteiger partial charge in [0.25, 0.3) is 22.2 Å². The van der Waals surface area contributed by atoms with Gasteiger partial charge in [-0.1, -0.05) is 0 Å². The SMILES string of the molecule is CC1(C)CN(c2ccc3nc(-c4ccc5c(c4)OCCO5)cc(=O)n3c2)CCN1.CN1CCCN(c2ccc3nc(-c4ccc5c(c4)OCCO5)cc(=O)n3c2)CC1.C[C@@H]1CN(c2ccc3nc(-c4ccc5c(c4)OCCO5)cc(=O)n3c2)C[C@H](C)N1.O=c1cc(-c2ccc3c(c2)OCCO3)nc2ccc(N3CCCNCC3)cn12. The molecule has 28 nitrogen and oxygen atoms in total. The molecule has 4 aromatic carbocycles. The molecule has 115 heavy (non-hydrogen) atoms. The molecule has 0 bridgehead atoms. The van der Waals surface area contributed by atoms with Crippen molar-refractivity contribution in [2.24, 2.45) is 0 Å². The van der Waals surface area contributed by atoms with Crippen LogP contribution >= 0.6 is 0 Å². The van der Waals surface area contributed by atoms with Crippen LogP contribution in [0.1, 0.15) is 40.5 Å². The predicted molar refractivity (Wildman–Crippen MR) is 444 cm³/mol. The van der Waals surface area contributed by atoms with Gasteiger partial charge in [-0.15, -0.1) is 0 Å². The van der Waals surface area contributed by atoms with Crippen LogP contribution in [0.15, 0.2) is 190 Å². The van der Waals surface area contributed by atoms with Gasteiger partial charge < -0.3 is 78.3 Å². The summed E-state index contributed by atoms with van der Waals surface area (Å²) in [6.45, 7) is 25.5. The summed E-state index contributed by atoms with van der Waals surface area (Å²) >= 11 is 0. The van der Waals surface area contributed by atoms with E-state index < -0.39 is 0 Å². The van der Waals surface area contributed by atoms with Crippen LogP contribution in [0.3, 0.4) is 0 Å². The first kappa shape index (κ1) is 75.4. The Balaban J connectivity index is 0.000000111. The lowest BCUT2D eigenvalue weighted by Crippen LogP contribution is -2.57. The van der Waals surface area contributed by atoms with E-state index in [0.717, 1.165) is 166 Å². The van der Waals surface area contributed by atoms with E-state index in [0.29, 0.717) is 133 Å². The lowest BCUT2D eigenvalue weighted by molar-refractivity contribution is 0.171. The lowest BCUT2D eigenvalue weighted by atomic mass is 10.0. The maximum Gasteiger partial charge on any atom is 0.258 e. The number of fused-ring (bicyclic) bond motifs is 8. The molecule has 4 saturated heterocycles. The van der Waals surface area contributed by atoms with Crippen LogP contribution in [0.5, 0.6) is 46.0 Å². The molecule has 0 unspecified atom stereocenters. The van der Waals surface area contributed by atoms with Crippen molar-refractivity contribution in [2.45, 2.75) is 58.2 Å². The Morgan fingerprint density at radius 1 is 0.348 bits per heavy atom. The molecule has 2 atom stereocenters. The second kappa shape index (κ2) is 33.1. The van der Waals surface area contributed by atoms with E-state index in [9.17, 15) is 19.2 Å². The van der Waals surface area contributed by atoms with Crippen LogP contribution < -0.4 is 95.7 Å². The fourth-order valence-electron chi connectivity index (χ4n) is 15.8. The summed E-state index contributed by atoms with van der Waals surface area (Å²) in [4.78, 5) is 81.8. The minimum atomic E-state index is -0.101. The van der Waals surface area contributed by atoms with Crippen molar-refractivity contribution in [1.29, 1.82) is 0 Å². The Bertz CT molecular complexity index is 5700. The van der Waals surface area contributed by atoms with Gasteiger partial charge in [-0.05, 0) is 182 Å². The van der Waals surface area contributed by atoms with Gasteiger partial charge in [-0.2, -0.15) is 0 Å². The summed E-state index contributed by atoms with van der Waals surface area (Å²) < 4.78 is 51.4. The number of hydrogen-bond donors (Lipinski definition) is 3. The molecule has 8 aliphatic heterocycles. The molecule has 0 saturated carbocycles. The normalized spacial score (nSPS) is 18.4. The number of likely N-dealkylation sites (N-methyl/N-ethyl adjacent to an activating group) is 1. The first-order chi connectivity index (χ1) is 56.0. The number of piperazine rings is 2. The Hall–Kier alpha value is -12.2. The van der Waals surface area contributed by atoms with E-state index in [1.54, 1.807) is 41.9 Å². The molecular weight excluding hydrogens is 1460 g/mol. The number of ether oxygens (including phenoxy) is 8. The quantitative estimate of drug-likeness (QED) is 0.128. The van der Waals surface area contributed by atoms with Gasteiger partial charge >= 0.3 is 0 Å². The molecule has 20 rings (SSSR count). The highest BCUT2D eigenvalue weighted by atomic mass is 16.6. The number of nitrogens with one attached hydrogen (secondary N) is 3. The molecule has 0 amide bonds. The zero-order valence-corrected chi connectivity index (χ0v) is 65.3. The molecule has 12 aromatic rings. The molecule has 28 heteroatoms. The van der Waals surface area contributed by atoms with Crippen LogP contribution in [0.2, 0.25) is 0 Å². The second-order valence-corrected chi connectivity index (χ2v) is 30.7. The zero-order chi connectivity index (χ0) is 78.7. The molecule has 0 radical (unpaired) electrons. The molecule has 0 aliphatic carbocycles. The summed E-state index contributed by atoms with van der Waals surface area (Å²) in [5, 5.41) is 10.4. The molecular formula is C87H94N16O12. The molecule has 3 N–H and O–H groups in total. The maximum absolute atomic E-state index is 12.9. The summed E-state index contributed by atoms with van der Waals surface area (Å²) in [5.74, 6) is 5.66. The first-order valence-electron chi connectivity index (χ1n) is 39.6. The maximum atomic E-state index is 12.9. The van der Waals surface area contributed by atoms with Crippen LogP contribution in [-0.4, -0.2) is 205 Å². The highest BCUT2D eigenvalue weighted by Gasteiger charge is 2.28. The van der Waals surface area contributed by atoms with Gasteiger partial charge in [0.05, 0.1) is 45.5 Å². The third-order valence-electron chi connectivity index (χ3n) is 21.6. The number of pyridine rings is 4. The summed E-state index contributed by atoms with van der Waals surface area (Å²) in [6.07, 6.45) is 9.79. The minimum absolute atomic E-state index is 0.0402. The van der Waals surface area contributed by atoms with E-state index in [-0.39, 0.29) is 27.8 Å². The van der Waals surface area contributed by atoms with Gasteiger partial charge in [0.1, 0.15) is 75.4 Å². The Labute approximate surface area is 664 Å². The first-order valence-corrected chi connectivity index (χ1v) is 39.6. The summed E-state index contributed by atoms with van der Waals surface area (Å²) in [5.41, 5.74) is 12.2. The average Bonchev–Trinajstić information content (AvgIpc) is 0.850. The van der Waals surface area contributed by atoms with Crippen molar-refractivity contribution in [3.8, 4) is 91.0 Å². The number of aromatic nitrogens is 8. The number of benzene rings is 4. The van der Waals surface area contributed by atoms with Crippen LogP contribution in [-0.2, 0) is 0 Å². The predicted octanol–water partition coefficient (Wildman–Crippen LogP) is 8.85. The number of hydrogen-bond acceptors (Lipinski definition) is 24. The lowest BCUT2D eigenvalue weighted by Gasteiger charge is -2.40. The molecule has 8 aromatic heterocycles. The Morgan fingerprint density at radius 3 is 1.07 bits per heavy atom. The van der Waals surface area contributed by atoms with Crippen molar-refractivity contribution < 1.29 is 37.9 Å². The third kappa shape index (κ3) is 17.0. The third-order valence-corrected chi connectivity index (χ3v) is 21.6. The highest BCUT2D eigenvalue weighted by Crippen LogP contribution is 2.39. The van der Waals surface area contributed by atoms with Crippen molar-refractivity contribution in [3.05, 3.63) is 212 Å². The largest absolute Gasteiger partial charge is 0.486 e. The van der Waals surface area contributed by atoms with Crippen molar-refractivity contribution >= 4 is 45.3 Å². The summed E-state index contributed by atoms with van der Waals surface area (Å²) in [7, 11) is 2.15. The van der Waals surface area contributed by atoms with Crippen molar-refractivity contribution in [3.63, 3.8) is 0 Å². The minimum Gasteiger partial charge on any atom is -0.486 e. The fourth-order valence-corrected chi connectivity index (χ4v) is 15.8. The zero-order valence-electron chi connectivity index (χ0n) is 65.3. The van der Waals surface area contributed by atoms with Crippen molar-refractivity contribution in [2.75, 3.05) is 165 Å². The number of rotatable bonds is 8. The number of anilines is 4. The Morgan fingerprint density at radius 2 is 0.687 bits per heavy atom. The topological polar surface area (TPSA) is 264 Å². The monoisotopic (exact) mass is 1550 g/mol.